The number of rotatable bonds is 4. The summed E-state index contributed by atoms with van der Waals surface area (Å²) >= 11 is 7.47. The van der Waals surface area contributed by atoms with Gasteiger partial charge in [0.05, 0.1) is 22.4 Å². The summed E-state index contributed by atoms with van der Waals surface area (Å²) in [6.45, 7) is 1.21. The molecule has 2 aromatic carbocycles. The average Bonchev–Trinajstić information content (AvgIpc) is 3.08. The van der Waals surface area contributed by atoms with Crippen LogP contribution in [0.2, 0.25) is 5.02 Å². The summed E-state index contributed by atoms with van der Waals surface area (Å²) in [6.07, 6.45) is 3.23. The number of para-hydroxylation sites is 1. The second-order valence-electron chi connectivity index (χ2n) is 6.83. The predicted octanol–water partition coefficient (Wildman–Crippen LogP) is 3.84. The van der Waals surface area contributed by atoms with Crippen molar-refractivity contribution in [3.8, 4) is 0 Å². The molecule has 1 unspecified atom stereocenters. The lowest BCUT2D eigenvalue weighted by Gasteiger charge is -2.30. The van der Waals surface area contributed by atoms with Crippen molar-refractivity contribution in [2.75, 3.05) is 18.4 Å². The zero-order chi connectivity index (χ0) is 18.8. The maximum atomic E-state index is 13.9. The fourth-order valence-electron chi connectivity index (χ4n) is 3.62. The molecular formula is C20H20ClFN3OS+. The van der Waals surface area contributed by atoms with Gasteiger partial charge in [0.2, 0.25) is 0 Å². The van der Waals surface area contributed by atoms with Crippen LogP contribution < -0.4 is 10.2 Å². The Balaban J connectivity index is 1.49. The van der Waals surface area contributed by atoms with E-state index in [9.17, 15) is 9.18 Å². The topological polar surface area (TPSA) is 46.4 Å². The number of fused-ring (bicyclic) bond motifs is 1. The van der Waals surface area contributed by atoms with Gasteiger partial charge in [0, 0.05) is 11.4 Å². The first-order valence-electron chi connectivity index (χ1n) is 9.05. The fourth-order valence-corrected chi connectivity index (χ4v) is 4.94. The molecular weight excluding hydrogens is 385 g/mol. The van der Waals surface area contributed by atoms with Crippen LogP contribution in [0.4, 0.5) is 10.1 Å². The lowest BCUT2D eigenvalue weighted by Crippen LogP contribution is -3.14. The smallest absolute Gasteiger partial charge is 0.279 e. The molecule has 1 amide bonds. The molecule has 1 aliphatic heterocycles. The van der Waals surface area contributed by atoms with Crippen molar-refractivity contribution in [1.29, 1.82) is 0 Å². The quantitative estimate of drug-likeness (QED) is 0.694. The zero-order valence-corrected chi connectivity index (χ0v) is 16.2. The van der Waals surface area contributed by atoms with Crippen LogP contribution in [0.5, 0.6) is 0 Å². The number of nitrogens with one attached hydrogen (secondary N) is 2. The highest BCUT2D eigenvalue weighted by Crippen LogP contribution is 2.28. The minimum absolute atomic E-state index is 0.164. The third kappa shape index (κ3) is 4.13. The van der Waals surface area contributed by atoms with E-state index in [0.29, 0.717) is 11.6 Å². The lowest BCUT2D eigenvalue weighted by molar-refractivity contribution is -0.929. The van der Waals surface area contributed by atoms with E-state index < -0.39 is 5.82 Å². The van der Waals surface area contributed by atoms with Gasteiger partial charge >= 0.3 is 0 Å². The van der Waals surface area contributed by atoms with Gasteiger partial charge in [0.15, 0.2) is 11.6 Å². The van der Waals surface area contributed by atoms with Gasteiger partial charge in [-0.1, -0.05) is 23.7 Å². The number of hydrogen-bond acceptors (Lipinski definition) is 3. The molecule has 140 valence electrons. The largest absolute Gasteiger partial charge is 0.319 e. The molecule has 1 aliphatic rings. The molecule has 2 N–H and O–H groups in total. The van der Waals surface area contributed by atoms with Gasteiger partial charge in [-0.3, -0.25) is 4.79 Å². The lowest BCUT2D eigenvalue weighted by atomic mass is 10.0. The first-order valence-corrected chi connectivity index (χ1v) is 10.2. The fraction of sp³-hybridized carbons (Fsp3) is 0.300. The molecule has 1 aromatic heterocycles. The Morgan fingerprint density at radius 1 is 1.30 bits per heavy atom. The summed E-state index contributed by atoms with van der Waals surface area (Å²) in [7, 11) is 0. The van der Waals surface area contributed by atoms with Gasteiger partial charge < -0.3 is 10.2 Å². The number of likely N-dealkylation sites (tertiary alicyclic amines) is 1. The van der Waals surface area contributed by atoms with E-state index in [2.05, 4.69) is 11.4 Å². The number of carbonyl (C=O) groups is 1. The second kappa shape index (κ2) is 7.92. The van der Waals surface area contributed by atoms with E-state index in [-0.39, 0.29) is 17.6 Å². The number of piperidine rings is 1. The summed E-state index contributed by atoms with van der Waals surface area (Å²) in [5, 5.41) is 4.06. The Morgan fingerprint density at radius 2 is 2.15 bits per heavy atom. The predicted molar refractivity (Wildman–Crippen MR) is 107 cm³/mol. The highest BCUT2D eigenvalue weighted by molar-refractivity contribution is 7.18. The van der Waals surface area contributed by atoms with Crippen molar-refractivity contribution >= 4 is 44.7 Å². The van der Waals surface area contributed by atoms with Crippen molar-refractivity contribution in [1.82, 2.24) is 4.98 Å². The van der Waals surface area contributed by atoms with Gasteiger partial charge in [0.25, 0.3) is 5.91 Å². The van der Waals surface area contributed by atoms with Crippen LogP contribution in [0, 0.1) is 5.82 Å². The molecule has 3 aromatic rings. The molecule has 4 nitrogen and oxygen atoms in total. The number of quaternary nitrogens is 1. The Morgan fingerprint density at radius 3 is 2.96 bits per heavy atom. The number of benzene rings is 2. The number of nitrogens with zero attached hydrogens (tertiary/aromatic N) is 1. The molecule has 0 bridgehead atoms. The minimum atomic E-state index is -0.521. The van der Waals surface area contributed by atoms with Crippen LogP contribution in [-0.2, 0) is 4.79 Å². The van der Waals surface area contributed by atoms with Crippen LogP contribution in [0.1, 0.15) is 30.3 Å². The highest BCUT2D eigenvalue weighted by Gasteiger charge is 2.32. The molecule has 0 saturated carbocycles. The van der Waals surface area contributed by atoms with Crippen molar-refractivity contribution < 1.29 is 14.1 Å². The van der Waals surface area contributed by atoms with E-state index in [4.69, 9.17) is 16.6 Å². The molecule has 0 radical (unpaired) electrons. The third-order valence-corrected chi connectivity index (χ3v) is 6.32. The normalized spacial score (nSPS) is 19.9. The number of thiazole rings is 1. The van der Waals surface area contributed by atoms with E-state index in [1.165, 1.54) is 21.7 Å². The number of anilines is 1. The van der Waals surface area contributed by atoms with Crippen molar-refractivity contribution in [2.24, 2.45) is 0 Å². The number of hydrogen-bond donors (Lipinski definition) is 2. The Hall–Kier alpha value is -2.02. The first kappa shape index (κ1) is 18.3. The molecule has 4 rings (SSSR count). The average molecular weight is 405 g/mol. The van der Waals surface area contributed by atoms with Crippen molar-refractivity contribution in [3.63, 3.8) is 0 Å². The molecule has 27 heavy (non-hydrogen) atoms. The molecule has 0 spiro atoms. The maximum absolute atomic E-state index is 13.9. The summed E-state index contributed by atoms with van der Waals surface area (Å²) in [5.41, 5.74) is 1.17. The Bertz CT molecular complexity index is 944. The number of amides is 1. The minimum Gasteiger partial charge on any atom is -0.319 e. The van der Waals surface area contributed by atoms with Gasteiger partial charge in [-0.25, -0.2) is 9.37 Å². The zero-order valence-electron chi connectivity index (χ0n) is 14.7. The summed E-state index contributed by atoms with van der Waals surface area (Å²) in [5.74, 6) is -0.716. The van der Waals surface area contributed by atoms with Crippen molar-refractivity contribution in [3.05, 3.63) is 58.3 Å². The summed E-state index contributed by atoms with van der Waals surface area (Å²) < 4.78 is 15.1. The van der Waals surface area contributed by atoms with E-state index in [1.54, 1.807) is 17.4 Å². The van der Waals surface area contributed by atoms with Crippen LogP contribution in [0.15, 0.2) is 42.5 Å². The third-order valence-electron chi connectivity index (χ3n) is 4.93. The molecule has 0 aliphatic carbocycles. The van der Waals surface area contributed by atoms with Gasteiger partial charge in [-0.05, 0) is 43.2 Å². The number of carbonyl (C=O) groups excluding carboxylic acids is 1. The van der Waals surface area contributed by atoms with Gasteiger partial charge in [-0.2, -0.15) is 0 Å². The number of halogens is 2. The standard InChI is InChI=1S/C20H19ClFN3OS/c21-13-8-9-15(14(22)11-13)23-19(26)12-25-10-4-3-6-17(25)20-24-16-5-1-2-7-18(16)27-20/h1-2,5,7-9,11,17H,3-4,6,10,12H2,(H,23,26)/p+1/t17-/m1/s1. The Kier molecular flexibility index (Phi) is 5.38. The van der Waals surface area contributed by atoms with Gasteiger partial charge in [-0.15, -0.1) is 11.3 Å². The van der Waals surface area contributed by atoms with Gasteiger partial charge in [0.1, 0.15) is 11.9 Å². The first-order chi connectivity index (χ1) is 13.1. The van der Waals surface area contributed by atoms with E-state index >= 15 is 0 Å². The van der Waals surface area contributed by atoms with E-state index in [0.717, 1.165) is 36.3 Å². The number of aromatic nitrogens is 1. The van der Waals surface area contributed by atoms with Crippen LogP contribution >= 0.6 is 22.9 Å². The van der Waals surface area contributed by atoms with Crippen LogP contribution in [0.25, 0.3) is 10.2 Å². The van der Waals surface area contributed by atoms with E-state index in [1.807, 2.05) is 18.2 Å². The molecule has 1 fully saturated rings. The maximum Gasteiger partial charge on any atom is 0.279 e. The van der Waals surface area contributed by atoms with Crippen molar-refractivity contribution in [2.45, 2.75) is 25.3 Å². The summed E-state index contributed by atoms with van der Waals surface area (Å²) in [6, 6.07) is 12.6. The monoisotopic (exact) mass is 404 g/mol. The molecule has 2 heterocycles. The molecule has 2 atom stereocenters. The molecule has 1 saturated heterocycles. The van der Waals surface area contributed by atoms with Crippen LogP contribution in [-0.4, -0.2) is 24.0 Å². The summed E-state index contributed by atoms with van der Waals surface area (Å²) in [4.78, 5) is 18.5. The Labute approximate surface area is 166 Å². The molecule has 7 heteroatoms. The second-order valence-corrected chi connectivity index (χ2v) is 8.32. The SMILES string of the molecule is O=C(C[NH+]1CCCC[C@@H]1c1nc2ccccc2s1)Nc1ccc(Cl)cc1F. The highest BCUT2D eigenvalue weighted by atomic mass is 35.5. The van der Waals surface area contributed by atoms with Crippen LogP contribution in [0.3, 0.4) is 0 Å².